The van der Waals surface area contributed by atoms with Gasteiger partial charge in [0.05, 0.1) is 16.3 Å². The summed E-state index contributed by atoms with van der Waals surface area (Å²) in [7, 11) is 3.81. The molecule has 1 amide bonds. The summed E-state index contributed by atoms with van der Waals surface area (Å²) in [5.74, 6) is -1.08. The first-order valence-corrected chi connectivity index (χ1v) is 8.28. The van der Waals surface area contributed by atoms with E-state index in [1.165, 1.54) is 13.0 Å². The van der Waals surface area contributed by atoms with Crippen LogP contribution in [0.1, 0.15) is 17.3 Å². The number of carbonyl (C=O) groups is 2. The number of nitrogens with zero attached hydrogens (tertiary/aromatic N) is 1. The summed E-state index contributed by atoms with van der Waals surface area (Å²) < 4.78 is 5.20. The summed E-state index contributed by atoms with van der Waals surface area (Å²) in [4.78, 5) is 26.3. The smallest absolute Gasteiger partial charge is 0.338 e. The molecular weight excluding hydrogens is 363 g/mol. The summed E-state index contributed by atoms with van der Waals surface area (Å²) in [5.41, 5.74) is 1.68. The maximum absolute atomic E-state index is 12.2. The van der Waals surface area contributed by atoms with E-state index >= 15 is 0 Å². The number of ether oxygens (including phenoxy) is 1. The molecule has 7 heteroatoms. The zero-order chi connectivity index (χ0) is 18.6. The van der Waals surface area contributed by atoms with Gasteiger partial charge < -0.3 is 15.0 Å². The third-order valence-electron chi connectivity index (χ3n) is 3.46. The van der Waals surface area contributed by atoms with Gasteiger partial charge in [0.15, 0.2) is 6.10 Å². The van der Waals surface area contributed by atoms with Crippen molar-refractivity contribution in [3.63, 3.8) is 0 Å². The van der Waals surface area contributed by atoms with Crippen molar-refractivity contribution in [1.82, 2.24) is 0 Å². The lowest BCUT2D eigenvalue weighted by molar-refractivity contribution is -0.123. The minimum Gasteiger partial charge on any atom is -0.449 e. The zero-order valence-electron chi connectivity index (χ0n) is 14.0. The molecule has 0 unspecified atom stereocenters. The molecule has 2 aromatic carbocycles. The van der Waals surface area contributed by atoms with Crippen LogP contribution in [0.2, 0.25) is 10.0 Å². The number of amides is 1. The molecule has 25 heavy (non-hydrogen) atoms. The number of benzene rings is 2. The average molecular weight is 381 g/mol. The first-order chi connectivity index (χ1) is 11.8. The van der Waals surface area contributed by atoms with E-state index in [1.54, 1.807) is 36.4 Å². The fourth-order valence-electron chi connectivity index (χ4n) is 2.01. The van der Waals surface area contributed by atoms with Crippen molar-refractivity contribution in [3.05, 3.63) is 58.1 Å². The molecule has 132 valence electrons. The van der Waals surface area contributed by atoms with Crippen LogP contribution in [0.15, 0.2) is 42.5 Å². The Morgan fingerprint density at radius 3 is 2.32 bits per heavy atom. The molecule has 1 N–H and O–H groups in total. The molecule has 1 atom stereocenters. The highest BCUT2D eigenvalue weighted by Gasteiger charge is 2.20. The van der Waals surface area contributed by atoms with Crippen molar-refractivity contribution in [3.8, 4) is 0 Å². The quantitative estimate of drug-likeness (QED) is 0.787. The molecule has 0 spiro atoms. The van der Waals surface area contributed by atoms with Crippen LogP contribution in [0.25, 0.3) is 0 Å². The van der Waals surface area contributed by atoms with Crippen molar-refractivity contribution in [1.29, 1.82) is 0 Å². The monoisotopic (exact) mass is 380 g/mol. The van der Waals surface area contributed by atoms with Crippen molar-refractivity contribution in [2.24, 2.45) is 0 Å². The predicted octanol–water partition coefficient (Wildman–Crippen LogP) is 4.24. The Balaban J connectivity index is 2.00. The Bertz CT molecular complexity index is 776. The zero-order valence-corrected chi connectivity index (χ0v) is 15.6. The maximum Gasteiger partial charge on any atom is 0.338 e. The number of carbonyl (C=O) groups excluding carboxylic acids is 2. The van der Waals surface area contributed by atoms with Crippen LogP contribution in [0.5, 0.6) is 0 Å². The second-order valence-corrected chi connectivity index (χ2v) is 6.45. The Morgan fingerprint density at radius 2 is 1.72 bits per heavy atom. The predicted molar refractivity (Wildman–Crippen MR) is 101 cm³/mol. The van der Waals surface area contributed by atoms with Crippen LogP contribution < -0.4 is 10.2 Å². The number of rotatable bonds is 5. The molecule has 0 aliphatic carbocycles. The van der Waals surface area contributed by atoms with Gasteiger partial charge in [-0.2, -0.15) is 0 Å². The third kappa shape index (κ3) is 5.11. The molecule has 0 fully saturated rings. The van der Waals surface area contributed by atoms with Crippen LogP contribution in [0.3, 0.4) is 0 Å². The highest BCUT2D eigenvalue weighted by atomic mass is 35.5. The third-order valence-corrected chi connectivity index (χ3v) is 4.02. The number of anilines is 2. The molecule has 2 rings (SSSR count). The minimum absolute atomic E-state index is 0.343. The Hall–Kier alpha value is -2.24. The van der Waals surface area contributed by atoms with Crippen molar-refractivity contribution < 1.29 is 14.3 Å². The van der Waals surface area contributed by atoms with Crippen LogP contribution in [0, 0.1) is 0 Å². The highest BCUT2D eigenvalue weighted by molar-refractivity contribution is 6.35. The molecule has 5 nitrogen and oxygen atoms in total. The van der Waals surface area contributed by atoms with Gasteiger partial charge in [-0.05, 0) is 49.4 Å². The lowest BCUT2D eigenvalue weighted by Crippen LogP contribution is -2.30. The van der Waals surface area contributed by atoms with Crippen LogP contribution in [-0.2, 0) is 9.53 Å². The number of esters is 1. The Labute approximate surface area is 156 Å². The second-order valence-electron chi connectivity index (χ2n) is 5.60. The fraction of sp³-hybridized carbons (Fsp3) is 0.222. The summed E-state index contributed by atoms with van der Waals surface area (Å²) in [6, 6.07) is 11.6. The number of hydrogen-bond donors (Lipinski definition) is 1. The standard InChI is InChI=1S/C18H18Cl2N2O3/c1-11(17(23)21-16-10-13(19)6-9-15(16)20)25-18(24)12-4-7-14(8-5-12)22(2)3/h4-11H,1-3H3,(H,21,23)/t11-/m0/s1. The van der Waals surface area contributed by atoms with Gasteiger partial charge in [-0.1, -0.05) is 23.2 Å². The molecule has 0 heterocycles. The Morgan fingerprint density at radius 1 is 1.08 bits per heavy atom. The molecule has 0 aromatic heterocycles. The van der Waals surface area contributed by atoms with Gasteiger partial charge in [0, 0.05) is 24.8 Å². The molecule has 0 bridgehead atoms. The van der Waals surface area contributed by atoms with E-state index in [2.05, 4.69) is 5.32 Å². The van der Waals surface area contributed by atoms with E-state index in [0.717, 1.165) is 5.69 Å². The van der Waals surface area contributed by atoms with Gasteiger partial charge in [0.25, 0.3) is 5.91 Å². The van der Waals surface area contributed by atoms with Crippen LogP contribution in [-0.4, -0.2) is 32.1 Å². The van der Waals surface area contributed by atoms with Gasteiger partial charge in [0.1, 0.15) is 0 Å². The average Bonchev–Trinajstić information content (AvgIpc) is 2.58. The molecule has 0 saturated heterocycles. The topological polar surface area (TPSA) is 58.6 Å². The number of nitrogens with one attached hydrogen (secondary N) is 1. The lowest BCUT2D eigenvalue weighted by atomic mass is 10.2. The minimum atomic E-state index is -0.990. The normalized spacial score (nSPS) is 11.6. The highest BCUT2D eigenvalue weighted by Crippen LogP contribution is 2.25. The van der Waals surface area contributed by atoms with E-state index in [4.69, 9.17) is 27.9 Å². The molecular formula is C18H18Cl2N2O3. The summed E-state index contributed by atoms with van der Waals surface area (Å²) in [6.07, 6.45) is -0.990. The van der Waals surface area contributed by atoms with E-state index in [-0.39, 0.29) is 0 Å². The van der Waals surface area contributed by atoms with E-state index in [1.807, 2.05) is 19.0 Å². The van der Waals surface area contributed by atoms with Gasteiger partial charge in [-0.25, -0.2) is 4.79 Å². The molecule has 0 aliphatic heterocycles. The SMILES string of the molecule is C[C@H](OC(=O)c1ccc(N(C)C)cc1)C(=O)Nc1cc(Cl)ccc1Cl. The van der Waals surface area contributed by atoms with E-state index in [0.29, 0.717) is 21.3 Å². The van der Waals surface area contributed by atoms with Crippen LogP contribution >= 0.6 is 23.2 Å². The molecule has 0 radical (unpaired) electrons. The van der Waals surface area contributed by atoms with Gasteiger partial charge >= 0.3 is 5.97 Å². The van der Waals surface area contributed by atoms with Gasteiger partial charge in [-0.15, -0.1) is 0 Å². The first kappa shape index (κ1) is 19.1. The Kier molecular flexibility index (Phi) is 6.28. The van der Waals surface area contributed by atoms with Crippen molar-refractivity contribution >= 4 is 46.5 Å². The summed E-state index contributed by atoms with van der Waals surface area (Å²) in [6.45, 7) is 1.49. The number of halogens is 2. The molecule has 2 aromatic rings. The number of hydrogen-bond acceptors (Lipinski definition) is 4. The van der Waals surface area contributed by atoms with Gasteiger partial charge in [-0.3, -0.25) is 4.79 Å². The van der Waals surface area contributed by atoms with Gasteiger partial charge in [0.2, 0.25) is 0 Å². The lowest BCUT2D eigenvalue weighted by Gasteiger charge is -2.15. The fourth-order valence-corrected chi connectivity index (χ4v) is 2.34. The van der Waals surface area contributed by atoms with Crippen molar-refractivity contribution in [2.75, 3.05) is 24.3 Å². The van der Waals surface area contributed by atoms with Crippen LogP contribution in [0.4, 0.5) is 11.4 Å². The second kappa shape index (κ2) is 8.23. The van der Waals surface area contributed by atoms with E-state index < -0.39 is 18.0 Å². The molecule has 0 aliphatic rings. The van der Waals surface area contributed by atoms with Crippen molar-refractivity contribution in [2.45, 2.75) is 13.0 Å². The molecule has 0 saturated carbocycles. The summed E-state index contributed by atoms with van der Waals surface area (Å²) in [5, 5.41) is 3.37. The van der Waals surface area contributed by atoms with E-state index in [9.17, 15) is 9.59 Å². The first-order valence-electron chi connectivity index (χ1n) is 7.52. The maximum atomic E-state index is 12.2. The largest absolute Gasteiger partial charge is 0.449 e. The summed E-state index contributed by atoms with van der Waals surface area (Å²) >= 11 is 11.9.